The minimum atomic E-state index is 0.660. The second-order valence-electron chi connectivity index (χ2n) is 4.56. The molecule has 2 N–H and O–H groups in total. The summed E-state index contributed by atoms with van der Waals surface area (Å²) < 4.78 is 5.91. The molecule has 0 saturated heterocycles. The van der Waals surface area contributed by atoms with Crippen molar-refractivity contribution in [1.82, 2.24) is 0 Å². The van der Waals surface area contributed by atoms with Crippen LogP contribution in [0.2, 0.25) is 0 Å². The number of hydrogen-bond donors (Lipinski definition) is 1. The first kappa shape index (κ1) is 12.7. The Kier molecular flexibility index (Phi) is 4.00. The lowest BCUT2D eigenvalue weighted by molar-refractivity contribution is 0.478. The molecule has 0 spiro atoms. The van der Waals surface area contributed by atoms with Gasteiger partial charge in [-0.2, -0.15) is 0 Å². The SMILES string of the molecule is Cc1ccc(Oc2cccc(CCN)c2)c(C)c1. The molecule has 0 atom stereocenters. The Hall–Kier alpha value is -1.80. The molecule has 0 saturated carbocycles. The Morgan fingerprint density at radius 3 is 2.61 bits per heavy atom. The van der Waals surface area contributed by atoms with E-state index in [1.54, 1.807) is 0 Å². The zero-order valence-electron chi connectivity index (χ0n) is 10.9. The fourth-order valence-electron chi connectivity index (χ4n) is 1.97. The fourth-order valence-corrected chi connectivity index (χ4v) is 1.97. The van der Waals surface area contributed by atoms with Crippen molar-refractivity contribution in [2.75, 3.05) is 6.54 Å². The lowest BCUT2D eigenvalue weighted by Crippen LogP contribution is -2.02. The van der Waals surface area contributed by atoms with Gasteiger partial charge in [-0.05, 0) is 56.1 Å². The minimum absolute atomic E-state index is 0.660. The Morgan fingerprint density at radius 1 is 1.06 bits per heavy atom. The van der Waals surface area contributed by atoms with Crippen LogP contribution in [0.3, 0.4) is 0 Å². The Morgan fingerprint density at radius 2 is 1.89 bits per heavy atom. The smallest absolute Gasteiger partial charge is 0.130 e. The number of hydrogen-bond acceptors (Lipinski definition) is 2. The highest BCUT2D eigenvalue weighted by atomic mass is 16.5. The molecule has 2 nitrogen and oxygen atoms in total. The van der Waals surface area contributed by atoms with Gasteiger partial charge < -0.3 is 10.5 Å². The molecular weight excluding hydrogens is 222 g/mol. The van der Waals surface area contributed by atoms with E-state index in [1.807, 2.05) is 24.3 Å². The Balaban J connectivity index is 2.20. The predicted molar refractivity (Wildman–Crippen MR) is 75.2 cm³/mol. The van der Waals surface area contributed by atoms with Gasteiger partial charge in [-0.3, -0.25) is 0 Å². The van der Waals surface area contributed by atoms with E-state index in [1.165, 1.54) is 11.1 Å². The molecule has 0 fully saturated rings. The molecule has 0 aliphatic heterocycles. The summed E-state index contributed by atoms with van der Waals surface area (Å²) in [6, 6.07) is 14.3. The molecule has 0 heterocycles. The van der Waals surface area contributed by atoms with Gasteiger partial charge in [0.25, 0.3) is 0 Å². The molecule has 2 rings (SSSR count). The number of ether oxygens (including phenoxy) is 1. The zero-order valence-corrected chi connectivity index (χ0v) is 10.9. The van der Waals surface area contributed by atoms with Gasteiger partial charge in [-0.1, -0.05) is 29.8 Å². The maximum Gasteiger partial charge on any atom is 0.130 e. The van der Waals surface area contributed by atoms with Crippen molar-refractivity contribution in [3.63, 3.8) is 0 Å². The molecule has 0 amide bonds. The summed E-state index contributed by atoms with van der Waals surface area (Å²) in [5.74, 6) is 1.78. The van der Waals surface area contributed by atoms with Crippen molar-refractivity contribution >= 4 is 0 Å². The average Bonchev–Trinajstić information content (AvgIpc) is 2.34. The third kappa shape index (κ3) is 3.11. The van der Waals surface area contributed by atoms with Crippen LogP contribution in [-0.4, -0.2) is 6.54 Å². The molecule has 0 aliphatic rings. The first-order valence-corrected chi connectivity index (χ1v) is 6.23. The van der Waals surface area contributed by atoms with E-state index in [0.717, 1.165) is 23.5 Å². The van der Waals surface area contributed by atoms with Crippen LogP contribution in [0.15, 0.2) is 42.5 Å². The van der Waals surface area contributed by atoms with Crippen molar-refractivity contribution in [2.45, 2.75) is 20.3 Å². The van der Waals surface area contributed by atoms with E-state index in [9.17, 15) is 0 Å². The van der Waals surface area contributed by atoms with E-state index < -0.39 is 0 Å². The summed E-state index contributed by atoms with van der Waals surface area (Å²) in [4.78, 5) is 0. The summed E-state index contributed by atoms with van der Waals surface area (Å²) in [5.41, 5.74) is 9.17. The van der Waals surface area contributed by atoms with Crippen LogP contribution in [-0.2, 0) is 6.42 Å². The van der Waals surface area contributed by atoms with E-state index >= 15 is 0 Å². The maximum atomic E-state index is 5.91. The largest absolute Gasteiger partial charge is 0.457 e. The summed E-state index contributed by atoms with van der Waals surface area (Å²) in [5, 5.41) is 0. The topological polar surface area (TPSA) is 35.2 Å². The van der Waals surface area contributed by atoms with Crippen LogP contribution in [0.25, 0.3) is 0 Å². The molecule has 0 unspecified atom stereocenters. The molecule has 0 aliphatic carbocycles. The van der Waals surface area contributed by atoms with Crippen LogP contribution in [0.4, 0.5) is 0 Å². The standard InChI is InChI=1S/C16H19NO/c1-12-6-7-16(13(2)10-12)18-15-5-3-4-14(11-15)8-9-17/h3-7,10-11H,8-9,17H2,1-2H3. The van der Waals surface area contributed by atoms with Crippen molar-refractivity contribution in [3.8, 4) is 11.5 Å². The highest BCUT2D eigenvalue weighted by molar-refractivity contribution is 5.40. The summed E-state index contributed by atoms with van der Waals surface area (Å²) in [7, 11) is 0. The highest BCUT2D eigenvalue weighted by Gasteiger charge is 2.02. The molecular formula is C16H19NO. The second-order valence-corrected chi connectivity index (χ2v) is 4.56. The van der Waals surface area contributed by atoms with Gasteiger partial charge >= 0.3 is 0 Å². The van der Waals surface area contributed by atoms with Crippen LogP contribution in [0.5, 0.6) is 11.5 Å². The normalized spacial score (nSPS) is 10.4. The van der Waals surface area contributed by atoms with E-state index in [2.05, 4.69) is 32.0 Å². The van der Waals surface area contributed by atoms with Gasteiger partial charge in [-0.25, -0.2) is 0 Å². The summed E-state index contributed by atoms with van der Waals surface area (Å²) in [6.45, 7) is 4.80. The summed E-state index contributed by atoms with van der Waals surface area (Å²) >= 11 is 0. The van der Waals surface area contributed by atoms with E-state index in [4.69, 9.17) is 10.5 Å². The molecule has 2 aromatic rings. The number of nitrogens with two attached hydrogens (primary N) is 1. The van der Waals surface area contributed by atoms with Crippen LogP contribution >= 0.6 is 0 Å². The lowest BCUT2D eigenvalue weighted by Gasteiger charge is -2.10. The maximum absolute atomic E-state index is 5.91. The van der Waals surface area contributed by atoms with Crippen molar-refractivity contribution < 1.29 is 4.74 Å². The average molecular weight is 241 g/mol. The van der Waals surface area contributed by atoms with E-state index in [0.29, 0.717) is 6.54 Å². The highest BCUT2D eigenvalue weighted by Crippen LogP contribution is 2.26. The van der Waals surface area contributed by atoms with Crippen LogP contribution in [0.1, 0.15) is 16.7 Å². The molecule has 2 aromatic carbocycles. The predicted octanol–water partition coefficient (Wildman–Crippen LogP) is 3.60. The van der Waals surface area contributed by atoms with Crippen LogP contribution < -0.4 is 10.5 Å². The van der Waals surface area contributed by atoms with Crippen LogP contribution in [0, 0.1) is 13.8 Å². The van der Waals surface area contributed by atoms with Gasteiger partial charge in [0.1, 0.15) is 11.5 Å². The van der Waals surface area contributed by atoms with Gasteiger partial charge in [0.05, 0.1) is 0 Å². The molecule has 94 valence electrons. The molecule has 0 radical (unpaired) electrons. The van der Waals surface area contributed by atoms with E-state index in [-0.39, 0.29) is 0 Å². The van der Waals surface area contributed by atoms with Gasteiger partial charge in [-0.15, -0.1) is 0 Å². The second kappa shape index (κ2) is 5.69. The van der Waals surface area contributed by atoms with Gasteiger partial charge in [0.15, 0.2) is 0 Å². The first-order valence-electron chi connectivity index (χ1n) is 6.23. The summed E-state index contributed by atoms with van der Waals surface area (Å²) in [6.07, 6.45) is 0.879. The monoisotopic (exact) mass is 241 g/mol. The first-order chi connectivity index (χ1) is 8.69. The molecule has 2 heteroatoms. The lowest BCUT2D eigenvalue weighted by atomic mass is 10.1. The van der Waals surface area contributed by atoms with Crippen molar-refractivity contribution in [1.29, 1.82) is 0 Å². The van der Waals surface area contributed by atoms with Gasteiger partial charge in [0, 0.05) is 0 Å². The van der Waals surface area contributed by atoms with Crippen molar-refractivity contribution in [3.05, 3.63) is 59.2 Å². The number of rotatable bonds is 4. The zero-order chi connectivity index (χ0) is 13.0. The third-order valence-electron chi connectivity index (χ3n) is 2.89. The Labute approximate surface area is 108 Å². The molecule has 18 heavy (non-hydrogen) atoms. The fraction of sp³-hybridized carbons (Fsp3) is 0.250. The quantitative estimate of drug-likeness (QED) is 0.887. The molecule has 0 bridgehead atoms. The third-order valence-corrected chi connectivity index (χ3v) is 2.89. The van der Waals surface area contributed by atoms with Gasteiger partial charge in [0.2, 0.25) is 0 Å². The minimum Gasteiger partial charge on any atom is -0.457 e. The van der Waals surface area contributed by atoms with Crippen molar-refractivity contribution in [2.24, 2.45) is 5.73 Å². The number of benzene rings is 2. The number of aryl methyl sites for hydroxylation is 2. The molecule has 0 aromatic heterocycles. The Bertz CT molecular complexity index is 534.